The second-order valence-electron chi connectivity index (χ2n) is 2.38. The molecule has 1 aromatic rings. The average Bonchev–Trinajstić information content (AvgIpc) is 2.15. The first-order chi connectivity index (χ1) is 5.88. The van der Waals surface area contributed by atoms with Gasteiger partial charge in [0.2, 0.25) is 0 Å². The summed E-state index contributed by atoms with van der Waals surface area (Å²) >= 11 is 0. The second kappa shape index (κ2) is 4.47. The molecule has 0 bridgehead atoms. The number of nitrogens with one attached hydrogen (secondary N) is 1. The van der Waals surface area contributed by atoms with E-state index in [1.54, 1.807) is 18.6 Å². The summed E-state index contributed by atoms with van der Waals surface area (Å²) in [4.78, 5) is 8.11. The van der Waals surface area contributed by atoms with Crippen molar-refractivity contribution in [2.45, 2.75) is 12.5 Å². The molecule has 0 aliphatic rings. The number of aromatic nitrogens is 2. The molecule has 0 radical (unpaired) electrons. The quantitative estimate of drug-likeness (QED) is 0.665. The Kier molecular flexibility index (Phi) is 3.24. The SMILES string of the molecule is C#CCC(NC)c1cnccn1. The van der Waals surface area contributed by atoms with Crippen molar-refractivity contribution in [1.82, 2.24) is 15.3 Å². The molecule has 1 atom stereocenters. The van der Waals surface area contributed by atoms with Crippen molar-refractivity contribution in [2.24, 2.45) is 0 Å². The van der Waals surface area contributed by atoms with Crippen LogP contribution in [-0.2, 0) is 0 Å². The van der Waals surface area contributed by atoms with Crippen LogP contribution in [0.15, 0.2) is 18.6 Å². The van der Waals surface area contributed by atoms with Gasteiger partial charge in [-0.15, -0.1) is 12.3 Å². The highest BCUT2D eigenvalue weighted by atomic mass is 14.9. The lowest BCUT2D eigenvalue weighted by Gasteiger charge is -2.10. The van der Waals surface area contributed by atoms with Crippen LogP contribution in [0.25, 0.3) is 0 Å². The lowest BCUT2D eigenvalue weighted by atomic mass is 10.1. The van der Waals surface area contributed by atoms with E-state index in [2.05, 4.69) is 21.2 Å². The summed E-state index contributed by atoms with van der Waals surface area (Å²) in [5, 5.41) is 3.07. The van der Waals surface area contributed by atoms with E-state index in [0.29, 0.717) is 6.42 Å². The Hall–Kier alpha value is -1.40. The molecule has 0 saturated carbocycles. The molecule has 62 valence electrons. The first-order valence-electron chi connectivity index (χ1n) is 3.75. The third-order valence-electron chi connectivity index (χ3n) is 1.61. The maximum atomic E-state index is 5.20. The lowest BCUT2D eigenvalue weighted by molar-refractivity contribution is 0.591. The normalized spacial score (nSPS) is 12.0. The minimum Gasteiger partial charge on any atom is -0.311 e. The summed E-state index contributed by atoms with van der Waals surface area (Å²) < 4.78 is 0. The standard InChI is InChI=1S/C9H11N3/c1-3-4-8(10-2)9-7-11-5-6-12-9/h1,5-8,10H,4H2,2H3. The second-order valence-corrected chi connectivity index (χ2v) is 2.38. The van der Waals surface area contributed by atoms with E-state index in [9.17, 15) is 0 Å². The Labute approximate surface area is 72.2 Å². The molecule has 0 aromatic carbocycles. The van der Waals surface area contributed by atoms with E-state index in [4.69, 9.17) is 6.42 Å². The molecule has 0 amide bonds. The molecule has 3 nitrogen and oxygen atoms in total. The van der Waals surface area contributed by atoms with Gasteiger partial charge in [0, 0.05) is 18.8 Å². The van der Waals surface area contributed by atoms with Gasteiger partial charge in [0.1, 0.15) is 0 Å². The summed E-state index contributed by atoms with van der Waals surface area (Å²) in [6, 6.07) is 0.115. The van der Waals surface area contributed by atoms with Crippen molar-refractivity contribution in [1.29, 1.82) is 0 Å². The molecule has 3 heteroatoms. The van der Waals surface area contributed by atoms with Gasteiger partial charge in [-0.1, -0.05) is 0 Å². The first kappa shape index (κ1) is 8.69. The van der Waals surface area contributed by atoms with Gasteiger partial charge in [-0.2, -0.15) is 0 Å². The average molecular weight is 161 g/mol. The summed E-state index contributed by atoms with van der Waals surface area (Å²) in [6.07, 6.45) is 10.9. The van der Waals surface area contributed by atoms with E-state index in [1.165, 1.54) is 0 Å². The summed E-state index contributed by atoms with van der Waals surface area (Å²) in [6.45, 7) is 0. The van der Waals surface area contributed by atoms with E-state index < -0.39 is 0 Å². The maximum absolute atomic E-state index is 5.20. The molecular weight excluding hydrogens is 150 g/mol. The third-order valence-corrected chi connectivity index (χ3v) is 1.61. The van der Waals surface area contributed by atoms with Crippen molar-refractivity contribution < 1.29 is 0 Å². The molecule has 0 aliphatic heterocycles. The summed E-state index contributed by atoms with van der Waals surface area (Å²) in [5.74, 6) is 2.59. The fourth-order valence-corrected chi connectivity index (χ4v) is 0.963. The van der Waals surface area contributed by atoms with Crippen LogP contribution >= 0.6 is 0 Å². The number of hydrogen-bond acceptors (Lipinski definition) is 3. The van der Waals surface area contributed by atoms with Crippen LogP contribution in [0.1, 0.15) is 18.2 Å². The maximum Gasteiger partial charge on any atom is 0.0765 e. The van der Waals surface area contributed by atoms with Crippen LogP contribution in [0.3, 0.4) is 0 Å². The van der Waals surface area contributed by atoms with Crippen molar-refractivity contribution in [3.8, 4) is 12.3 Å². The Morgan fingerprint density at radius 2 is 2.50 bits per heavy atom. The van der Waals surface area contributed by atoms with E-state index >= 15 is 0 Å². The smallest absolute Gasteiger partial charge is 0.0765 e. The van der Waals surface area contributed by atoms with Crippen LogP contribution in [0.2, 0.25) is 0 Å². The number of terminal acetylenes is 1. The Morgan fingerprint density at radius 3 is 3.00 bits per heavy atom. The predicted molar refractivity (Wildman–Crippen MR) is 47.3 cm³/mol. The largest absolute Gasteiger partial charge is 0.311 e. The van der Waals surface area contributed by atoms with Gasteiger partial charge in [0.05, 0.1) is 17.9 Å². The van der Waals surface area contributed by atoms with E-state index in [1.807, 2.05) is 7.05 Å². The molecule has 0 aliphatic carbocycles. The number of hydrogen-bond donors (Lipinski definition) is 1. The topological polar surface area (TPSA) is 37.8 Å². The first-order valence-corrected chi connectivity index (χ1v) is 3.75. The van der Waals surface area contributed by atoms with E-state index in [-0.39, 0.29) is 6.04 Å². The van der Waals surface area contributed by atoms with E-state index in [0.717, 1.165) is 5.69 Å². The fraction of sp³-hybridized carbons (Fsp3) is 0.333. The molecule has 1 N–H and O–H groups in total. The zero-order valence-corrected chi connectivity index (χ0v) is 6.99. The molecule has 0 saturated heterocycles. The highest BCUT2D eigenvalue weighted by Gasteiger charge is 2.07. The van der Waals surface area contributed by atoms with Gasteiger partial charge in [0.15, 0.2) is 0 Å². The highest BCUT2D eigenvalue weighted by molar-refractivity contribution is 5.06. The molecular formula is C9H11N3. The van der Waals surface area contributed by atoms with Crippen molar-refractivity contribution in [2.75, 3.05) is 7.05 Å². The Bertz CT molecular complexity index is 263. The summed E-state index contributed by atoms with van der Waals surface area (Å²) in [7, 11) is 1.86. The number of rotatable bonds is 3. The van der Waals surface area contributed by atoms with Crippen LogP contribution in [0.5, 0.6) is 0 Å². The zero-order valence-electron chi connectivity index (χ0n) is 6.99. The highest BCUT2D eigenvalue weighted by Crippen LogP contribution is 2.10. The molecule has 1 rings (SSSR count). The Balaban J connectivity index is 2.75. The molecule has 1 unspecified atom stereocenters. The van der Waals surface area contributed by atoms with Gasteiger partial charge in [-0.05, 0) is 7.05 Å². The minimum atomic E-state index is 0.115. The van der Waals surface area contributed by atoms with Crippen LogP contribution < -0.4 is 5.32 Å². The molecule has 0 fully saturated rings. The molecule has 0 spiro atoms. The summed E-state index contributed by atoms with van der Waals surface area (Å²) in [5.41, 5.74) is 0.887. The van der Waals surface area contributed by atoms with Gasteiger partial charge in [-0.3, -0.25) is 9.97 Å². The minimum absolute atomic E-state index is 0.115. The van der Waals surface area contributed by atoms with Crippen molar-refractivity contribution in [3.63, 3.8) is 0 Å². The Morgan fingerprint density at radius 1 is 1.67 bits per heavy atom. The van der Waals surface area contributed by atoms with Gasteiger partial charge >= 0.3 is 0 Å². The molecule has 12 heavy (non-hydrogen) atoms. The van der Waals surface area contributed by atoms with Crippen molar-refractivity contribution in [3.05, 3.63) is 24.3 Å². The van der Waals surface area contributed by atoms with Crippen LogP contribution in [0, 0.1) is 12.3 Å². The molecule has 1 aromatic heterocycles. The third kappa shape index (κ3) is 2.04. The monoisotopic (exact) mass is 161 g/mol. The van der Waals surface area contributed by atoms with Gasteiger partial charge < -0.3 is 5.32 Å². The van der Waals surface area contributed by atoms with Crippen molar-refractivity contribution >= 4 is 0 Å². The zero-order chi connectivity index (χ0) is 8.81. The van der Waals surface area contributed by atoms with Gasteiger partial charge in [0.25, 0.3) is 0 Å². The van der Waals surface area contributed by atoms with Gasteiger partial charge in [-0.25, -0.2) is 0 Å². The molecule has 1 heterocycles. The van der Waals surface area contributed by atoms with Crippen LogP contribution in [0.4, 0.5) is 0 Å². The number of nitrogens with zero attached hydrogens (tertiary/aromatic N) is 2. The fourth-order valence-electron chi connectivity index (χ4n) is 0.963. The lowest BCUT2D eigenvalue weighted by Crippen LogP contribution is -2.16. The van der Waals surface area contributed by atoms with Crippen LogP contribution in [-0.4, -0.2) is 17.0 Å². The predicted octanol–water partition coefficient (Wildman–Crippen LogP) is 0.760.